The van der Waals surface area contributed by atoms with Crippen LogP contribution < -0.4 is 10.6 Å². The van der Waals surface area contributed by atoms with E-state index in [0.717, 1.165) is 37.8 Å². The minimum absolute atomic E-state index is 0.222. The average Bonchev–Trinajstić information content (AvgIpc) is 2.41. The van der Waals surface area contributed by atoms with Gasteiger partial charge in [-0.3, -0.25) is 0 Å². The molecule has 0 atom stereocenters. The number of alkyl halides is 3. The molecule has 1 heterocycles. The molecule has 0 spiro atoms. The maximum Gasteiger partial charge on any atom is 0.416 e. The number of hydrogen-bond acceptors (Lipinski definition) is 3. The van der Waals surface area contributed by atoms with Gasteiger partial charge in [-0.15, -0.1) is 0 Å². The first-order valence-corrected chi connectivity index (χ1v) is 6.97. The summed E-state index contributed by atoms with van der Waals surface area (Å²) in [6, 6.07) is 2.60. The molecule has 1 aliphatic carbocycles. The minimum atomic E-state index is -4.33. The van der Waals surface area contributed by atoms with Gasteiger partial charge in [0.05, 0.1) is 5.56 Å². The van der Waals surface area contributed by atoms with Crippen LogP contribution in [0.2, 0.25) is 0 Å². The van der Waals surface area contributed by atoms with Crippen molar-refractivity contribution in [2.45, 2.75) is 50.9 Å². The first-order valence-electron chi connectivity index (χ1n) is 6.97. The molecule has 1 aromatic rings. The van der Waals surface area contributed by atoms with E-state index in [1.165, 1.54) is 6.20 Å². The molecular weight excluding hydrogens is 267 g/mol. The maximum atomic E-state index is 12.8. The fourth-order valence-corrected chi connectivity index (χ4v) is 2.77. The predicted octanol–water partition coefficient (Wildman–Crippen LogP) is 3.20. The third-order valence-corrected chi connectivity index (χ3v) is 3.89. The topological polar surface area (TPSA) is 42.2 Å². The molecular formula is C14H20F3N3. The third kappa shape index (κ3) is 3.42. The molecule has 0 unspecified atom stereocenters. The smallest absolute Gasteiger partial charge is 0.354 e. The van der Waals surface area contributed by atoms with E-state index in [1.807, 2.05) is 11.8 Å². The van der Waals surface area contributed by atoms with Gasteiger partial charge < -0.3 is 10.6 Å². The van der Waals surface area contributed by atoms with Crippen LogP contribution in [-0.2, 0) is 6.18 Å². The van der Waals surface area contributed by atoms with E-state index in [1.54, 1.807) is 0 Å². The van der Waals surface area contributed by atoms with Crippen LogP contribution in [-0.4, -0.2) is 23.6 Å². The second-order valence-electron chi connectivity index (χ2n) is 5.26. The highest BCUT2D eigenvalue weighted by molar-refractivity contribution is 5.43. The van der Waals surface area contributed by atoms with Crippen LogP contribution in [0.25, 0.3) is 0 Å². The van der Waals surface area contributed by atoms with Crippen LogP contribution in [0.3, 0.4) is 0 Å². The van der Waals surface area contributed by atoms with Gasteiger partial charge in [0, 0.05) is 24.8 Å². The van der Waals surface area contributed by atoms with Crippen LogP contribution >= 0.6 is 0 Å². The maximum absolute atomic E-state index is 12.8. The molecule has 1 saturated carbocycles. The largest absolute Gasteiger partial charge is 0.416 e. The molecule has 1 fully saturated rings. The molecule has 0 saturated heterocycles. The van der Waals surface area contributed by atoms with Crippen molar-refractivity contribution < 1.29 is 13.2 Å². The van der Waals surface area contributed by atoms with Crippen molar-refractivity contribution in [2.75, 3.05) is 11.4 Å². The fourth-order valence-electron chi connectivity index (χ4n) is 2.77. The van der Waals surface area contributed by atoms with Crippen molar-refractivity contribution in [3.63, 3.8) is 0 Å². The van der Waals surface area contributed by atoms with Crippen molar-refractivity contribution in [1.29, 1.82) is 0 Å². The number of hydrogen-bond donors (Lipinski definition) is 1. The first kappa shape index (κ1) is 15.1. The van der Waals surface area contributed by atoms with Crippen LogP contribution in [0.5, 0.6) is 0 Å². The van der Waals surface area contributed by atoms with Gasteiger partial charge in [0.25, 0.3) is 0 Å². The second kappa shape index (κ2) is 5.99. The number of pyridine rings is 1. The Bertz CT molecular complexity index is 440. The number of halogens is 3. The highest BCUT2D eigenvalue weighted by Gasteiger charge is 2.32. The summed E-state index contributed by atoms with van der Waals surface area (Å²) in [5.41, 5.74) is 5.23. The highest BCUT2D eigenvalue weighted by atomic mass is 19.4. The Morgan fingerprint density at radius 1 is 1.30 bits per heavy atom. The lowest BCUT2D eigenvalue weighted by atomic mass is 9.90. The minimum Gasteiger partial charge on any atom is -0.354 e. The Morgan fingerprint density at radius 3 is 2.50 bits per heavy atom. The Balaban J connectivity index is 2.19. The van der Waals surface area contributed by atoms with E-state index >= 15 is 0 Å². The van der Waals surface area contributed by atoms with Crippen molar-refractivity contribution in [3.05, 3.63) is 23.9 Å². The average molecular weight is 287 g/mol. The summed E-state index contributed by atoms with van der Waals surface area (Å²) < 4.78 is 38.3. The number of rotatable bonds is 3. The lowest BCUT2D eigenvalue weighted by molar-refractivity contribution is -0.137. The van der Waals surface area contributed by atoms with Gasteiger partial charge in [0.15, 0.2) is 0 Å². The molecule has 6 heteroatoms. The van der Waals surface area contributed by atoms with Gasteiger partial charge in [-0.2, -0.15) is 13.2 Å². The molecule has 20 heavy (non-hydrogen) atoms. The summed E-state index contributed by atoms with van der Waals surface area (Å²) in [6.45, 7) is 2.59. The summed E-state index contributed by atoms with van der Waals surface area (Å²) in [5.74, 6) is 0.405. The van der Waals surface area contributed by atoms with E-state index in [4.69, 9.17) is 5.73 Å². The quantitative estimate of drug-likeness (QED) is 0.928. The van der Waals surface area contributed by atoms with Gasteiger partial charge >= 0.3 is 6.18 Å². The Morgan fingerprint density at radius 2 is 1.95 bits per heavy atom. The SMILES string of the molecule is CCN(c1cc(C(F)(F)F)ccn1)C1CCC(N)CC1. The van der Waals surface area contributed by atoms with Crippen LogP contribution in [0.4, 0.5) is 19.0 Å². The fraction of sp³-hybridized carbons (Fsp3) is 0.643. The van der Waals surface area contributed by atoms with Gasteiger partial charge in [0.2, 0.25) is 0 Å². The van der Waals surface area contributed by atoms with Crippen molar-refractivity contribution in [3.8, 4) is 0 Å². The molecule has 0 aromatic carbocycles. The lowest BCUT2D eigenvalue weighted by Gasteiger charge is -2.36. The summed E-state index contributed by atoms with van der Waals surface area (Å²) in [6.07, 6.45) is 0.557. The molecule has 3 nitrogen and oxygen atoms in total. The zero-order chi connectivity index (χ0) is 14.8. The van der Waals surface area contributed by atoms with E-state index in [0.29, 0.717) is 12.4 Å². The van der Waals surface area contributed by atoms with Crippen molar-refractivity contribution in [1.82, 2.24) is 4.98 Å². The van der Waals surface area contributed by atoms with E-state index < -0.39 is 11.7 Å². The summed E-state index contributed by atoms with van der Waals surface area (Å²) in [7, 11) is 0. The van der Waals surface area contributed by atoms with Gasteiger partial charge in [-0.1, -0.05) is 0 Å². The monoisotopic (exact) mass is 287 g/mol. The summed E-state index contributed by atoms with van der Waals surface area (Å²) in [5, 5.41) is 0. The molecule has 2 rings (SSSR count). The molecule has 0 amide bonds. The Hall–Kier alpha value is -1.30. The molecule has 0 radical (unpaired) electrons. The number of nitrogens with two attached hydrogens (primary N) is 1. The molecule has 0 bridgehead atoms. The molecule has 1 aromatic heterocycles. The zero-order valence-electron chi connectivity index (χ0n) is 11.5. The van der Waals surface area contributed by atoms with Crippen LogP contribution in [0, 0.1) is 0 Å². The molecule has 0 aliphatic heterocycles. The van der Waals surface area contributed by atoms with Gasteiger partial charge in [-0.25, -0.2) is 4.98 Å². The number of aromatic nitrogens is 1. The van der Waals surface area contributed by atoms with Crippen LogP contribution in [0.15, 0.2) is 18.3 Å². The van der Waals surface area contributed by atoms with Crippen LogP contribution in [0.1, 0.15) is 38.2 Å². The molecule has 112 valence electrons. The molecule has 2 N–H and O–H groups in total. The number of nitrogens with zero attached hydrogens (tertiary/aromatic N) is 2. The lowest BCUT2D eigenvalue weighted by Crippen LogP contribution is -2.41. The first-order chi connectivity index (χ1) is 9.41. The Labute approximate surface area is 117 Å². The summed E-state index contributed by atoms with van der Waals surface area (Å²) >= 11 is 0. The Kier molecular flexibility index (Phi) is 4.52. The van der Waals surface area contributed by atoms with Crippen molar-refractivity contribution in [2.24, 2.45) is 5.73 Å². The van der Waals surface area contributed by atoms with E-state index in [-0.39, 0.29) is 12.1 Å². The highest BCUT2D eigenvalue weighted by Crippen LogP contribution is 2.32. The number of anilines is 1. The van der Waals surface area contributed by atoms with Gasteiger partial charge in [-0.05, 0) is 44.7 Å². The molecule has 1 aliphatic rings. The van der Waals surface area contributed by atoms with Crippen molar-refractivity contribution >= 4 is 5.82 Å². The zero-order valence-corrected chi connectivity index (χ0v) is 11.5. The third-order valence-electron chi connectivity index (χ3n) is 3.89. The van der Waals surface area contributed by atoms with E-state index in [9.17, 15) is 13.2 Å². The second-order valence-corrected chi connectivity index (χ2v) is 5.26. The summed E-state index contributed by atoms with van der Waals surface area (Å²) in [4.78, 5) is 6.07. The standard InChI is InChI=1S/C14H20F3N3/c1-2-20(12-5-3-11(18)4-6-12)13-9-10(7-8-19-13)14(15,16)17/h7-9,11-12H,2-6,18H2,1H3. The van der Waals surface area contributed by atoms with E-state index in [2.05, 4.69) is 4.98 Å². The normalized spacial score (nSPS) is 23.6. The van der Waals surface area contributed by atoms with Gasteiger partial charge in [0.1, 0.15) is 5.82 Å². The predicted molar refractivity (Wildman–Crippen MR) is 72.5 cm³/mol.